The Morgan fingerprint density at radius 2 is 1.68 bits per heavy atom. The number of hydrogen-bond acceptors (Lipinski definition) is 2. The molecule has 0 radical (unpaired) electrons. The molecular formula is C14H8BrCl4NO2. The van der Waals surface area contributed by atoms with Gasteiger partial charge in [0.15, 0.2) is 6.61 Å². The number of halogens is 5. The molecule has 0 atom stereocenters. The summed E-state index contributed by atoms with van der Waals surface area (Å²) < 4.78 is 6.17. The number of carbonyl (C=O) groups is 1. The van der Waals surface area contributed by atoms with Gasteiger partial charge in [0.1, 0.15) is 5.75 Å². The van der Waals surface area contributed by atoms with E-state index < -0.39 is 5.91 Å². The zero-order valence-corrected chi connectivity index (χ0v) is 15.4. The minimum absolute atomic E-state index is 0.224. The maximum Gasteiger partial charge on any atom is 0.262 e. The second-order valence-corrected chi connectivity index (χ2v) is 6.70. The van der Waals surface area contributed by atoms with Crippen LogP contribution in [0.2, 0.25) is 20.1 Å². The van der Waals surface area contributed by atoms with Gasteiger partial charge in [-0.1, -0.05) is 62.3 Å². The third kappa shape index (κ3) is 4.67. The van der Waals surface area contributed by atoms with Gasteiger partial charge >= 0.3 is 0 Å². The van der Waals surface area contributed by atoms with Crippen molar-refractivity contribution in [3.63, 3.8) is 0 Å². The first-order valence-electron chi connectivity index (χ1n) is 5.89. The molecule has 0 aliphatic carbocycles. The van der Waals surface area contributed by atoms with E-state index >= 15 is 0 Å². The van der Waals surface area contributed by atoms with E-state index in [1.54, 1.807) is 18.2 Å². The standard InChI is InChI=1S/C14H8BrCl4NO2/c15-7-1-2-13(11(19)3-7)22-6-14(21)20-12-5-9(17)8(16)4-10(12)18/h1-5H,6H2,(H,20,21). The van der Waals surface area contributed by atoms with Crippen molar-refractivity contribution in [2.45, 2.75) is 0 Å². The number of benzene rings is 2. The molecule has 0 heterocycles. The predicted octanol–water partition coefficient (Wildman–Crippen LogP) is 6.08. The Bertz CT molecular complexity index is 724. The molecule has 0 aromatic heterocycles. The van der Waals surface area contributed by atoms with E-state index in [1.807, 2.05) is 0 Å². The molecule has 116 valence electrons. The second kappa shape index (κ2) is 7.75. The van der Waals surface area contributed by atoms with Crippen LogP contribution in [-0.2, 0) is 4.79 Å². The molecular weight excluding hydrogens is 436 g/mol. The molecule has 1 amide bonds. The summed E-state index contributed by atoms with van der Waals surface area (Å²) in [5.74, 6) is -0.000438. The molecule has 2 aromatic carbocycles. The van der Waals surface area contributed by atoms with Crippen molar-refractivity contribution in [1.82, 2.24) is 0 Å². The third-order valence-electron chi connectivity index (χ3n) is 2.54. The Balaban J connectivity index is 2.00. The molecule has 2 aromatic rings. The normalized spacial score (nSPS) is 10.4. The molecule has 3 nitrogen and oxygen atoms in total. The summed E-state index contributed by atoms with van der Waals surface area (Å²) in [7, 11) is 0. The van der Waals surface area contributed by atoms with Crippen LogP contribution in [0.4, 0.5) is 5.69 Å². The Labute approximate surface area is 155 Å². The monoisotopic (exact) mass is 441 g/mol. The Morgan fingerprint density at radius 3 is 2.36 bits per heavy atom. The van der Waals surface area contributed by atoms with Crippen LogP contribution >= 0.6 is 62.3 Å². The fourth-order valence-electron chi connectivity index (χ4n) is 1.54. The Kier molecular flexibility index (Phi) is 6.24. The number of ether oxygens (including phenoxy) is 1. The predicted molar refractivity (Wildman–Crippen MR) is 94.7 cm³/mol. The van der Waals surface area contributed by atoms with Crippen molar-refractivity contribution in [3.8, 4) is 5.75 Å². The first kappa shape index (κ1) is 17.7. The molecule has 22 heavy (non-hydrogen) atoms. The first-order valence-corrected chi connectivity index (χ1v) is 8.19. The van der Waals surface area contributed by atoms with Crippen molar-refractivity contribution in [2.24, 2.45) is 0 Å². The number of rotatable bonds is 4. The van der Waals surface area contributed by atoms with E-state index in [0.717, 1.165) is 4.47 Å². The van der Waals surface area contributed by atoms with Gasteiger partial charge in [-0.05, 0) is 30.3 Å². The van der Waals surface area contributed by atoms with Crippen molar-refractivity contribution in [1.29, 1.82) is 0 Å². The summed E-state index contributed by atoms with van der Waals surface area (Å²) >= 11 is 27.0. The zero-order chi connectivity index (χ0) is 16.3. The highest BCUT2D eigenvalue weighted by Crippen LogP contribution is 2.32. The van der Waals surface area contributed by atoms with Crippen molar-refractivity contribution in [3.05, 3.63) is 54.9 Å². The number of anilines is 1. The number of carbonyl (C=O) groups excluding carboxylic acids is 1. The second-order valence-electron chi connectivity index (χ2n) is 4.16. The maximum absolute atomic E-state index is 11.9. The molecule has 0 spiro atoms. The molecule has 0 fully saturated rings. The lowest BCUT2D eigenvalue weighted by atomic mass is 10.3. The van der Waals surface area contributed by atoms with E-state index in [-0.39, 0.29) is 11.6 Å². The van der Waals surface area contributed by atoms with Gasteiger partial charge in [-0.15, -0.1) is 0 Å². The average Bonchev–Trinajstić information content (AvgIpc) is 2.44. The number of nitrogens with one attached hydrogen (secondary N) is 1. The van der Waals surface area contributed by atoms with Crippen molar-refractivity contribution < 1.29 is 9.53 Å². The SMILES string of the molecule is O=C(COc1ccc(Br)cc1Cl)Nc1cc(Cl)c(Cl)cc1Cl. The maximum atomic E-state index is 11.9. The largest absolute Gasteiger partial charge is 0.482 e. The van der Waals surface area contributed by atoms with Crippen LogP contribution in [0.25, 0.3) is 0 Å². The molecule has 2 rings (SSSR count). The molecule has 0 aliphatic rings. The van der Waals surface area contributed by atoms with E-state index in [2.05, 4.69) is 21.2 Å². The van der Waals surface area contributed by atoms with Crippen LogP contribution < -0.4 is 10.1 Å². The van der Waals surface area contributed by atoms with Crippen LogP contribution in [0.15, 0.2) is 34.8 Å². The molecule has 0 saturated carbocycles. The van der Waals surface area contributed by atoms with Crippen molar-refractivity contribution >= 4 is 73.9 Å². The lowest BCUT2D eigenvalue weighted by Crippen LogP contribution is -2.20. The van der Waals surface area contributed by atoms with E-state index in [9.17, 15) is 4.79 Å². The lowest BCUT2D eigenvalue weighted by molar-refractivity contribution is -0.118. The highest BCUT2D eigenvalue weighted by molar-refractivity contribution is 9.10. The lowest BCUT2D eigenvalue weighted by Gasteiger charge is -2.10. The number of amides is 1. The Morgan fingerprint density at radius 1 is 1.00 bits per heavy atom. The van der Waals surface area contributed by atoms with Gasteiger partial charge in [0.2, 0.25) is 0 Å². The minimum Gasteiger partial charge on any atom is -0.482 e. The molecule has 0 unspecified atom stereocenters. The summed E-state index contributed by atoms with van der Waals surface area (Å²) in [5, 5.41) is 3.87. The summed E-state index contributed by atoms with van der Waals surface area (Å²) in [6.07, 6.45) is 0. The smallest absolute Gasteiger partial charge is 0.262 e. The molecule has 0 bridgehead atoms. The highest BCUT2D eigenvalue weighted by Gasteiger charge is 2.11. The molecule has 1 N–H and O–H groups in total. The topological polar surface area (TPSA) is 38.3 Å². The number of hydrogen-bond donors (Lipinski definition) is 1. The van der Waals surface area contributed by atoms with Gasteiger partial charge in [-0.2, -0.15) is 0 Å². The van der Waals surface area contributed by atoms with E-state index in [1.165, 1.54) is 12.1 Å². The molecule has 8 heteroatoms. The van der Waals surface area contributed by atoms with Crippen LogP contribution in [0.3, 0.4) is 0 Å². The highest BCUT2D eigenvalue weighted by atomic mass is 79.9. The fourth-order valence-corrected chi connectivity index (χ4v) is 2.86. The summed E-state index contributed by atoms with van der Waals surface area (Å²) in [5.41, 5.74) is 0.353. The van der Waals surface area contributed by atoms with Gasteiger partial charge in [0.25, 0.3) is 5.91 Å². The van der Waals surface area contributed by atoms with Gasteiger partial charge in [-0.25, -0.2) is 0 Å². The van der Waals surface area contributed by atoms with Crippen LogP contribution in [0.5, 0.6) is 5.75 Å². The fraction of sp³-hybridized carbons (Fsp3) is 0.0714. The third-order valence-corrected chi connectivity index (χ3v) is 4.36. The van der Waals surface area contributed by atoms with E-state index in [0.29, 0.717) is 26.5 Å². The first-order chi connectivity index (χ1) is 10.4. The van der Waals surface area contributed by atoms with E-state index in [4.69, 9.17) is 51.1 Å². The van der Waals surface area contributed by atoms with Crippen LogP contribution in [0, 0.1) is 0 Å². The molecule has 0 saturated heterocycles. The summed E-state index contributed by atoms with van der Waals surface area (Å²) in [4.78, 5) is 11.9. The minimum atomic E-state index is -0.403. The van der Waals surface area contributed by atoms with Gasteiger partial charge in [0.05, 0.1) is 25.8 Å². The van der Waals surface area contributed by atoms with Gasteiger partial charge in [0, 0.05) is 4.47 Å². The Hall–Kier alpha value is -0.650. The van der Waals surface area contributed by atoms with Crippen molar-refractivity contribution in [2.75, 3.05) is 11.9 Å². The zero-order valence-electron chi connectivity index (χ0n) is 10.8. The van der Waals surface area contributed by atoms with Gasteiger partial charge in [-0.3, -0.25) is 4.79 Å². The van der Waals surface area contributed by atoms with Crippen LogP contribution in [0.1, 0.15) is 0 Å². The molecule has 0 aliphatic heterocycles. The summed E-state index contributed by atoms with van der Waals surface area (Å²) in [6.45, 7) is -0.224. The van der Waals surface area contributed by atoms with Gasteiger partial charge < -0.3 is 10.1 Å². The summed E-state index contributed by atoms with van der Waals surface area (Å²) in [6, 6.07) is 8.01. The van der Waals surface area contributed by atoms with Crippen LogP contribution in [-0.4, -0.2) is 12.5 Å². The quantitative estimate of drug-likeness (QED) is 0.581. The average molecular weight is 444 g/mol.